The number of amides is 1. The summed E-state index contributed by atoms with van der Waals surface area (Å²) in [5, 5.41) is 10.8. The van der Waals surface area contributed by atoms with E-state index in [2.05, 4.69) is 25.7 Å². The van der Waals surface area contributed by atoms with Crippen LogP contribution in [-0.2, 0) is 0 Å². The summed E-state index contributed by atoms with van der Waals surface area (Å²) in [5.41, 5.74) is 3.19. The molecule has 2 aromatic carbocycles. The van der Waals surface area contributed by atoms with E-state index in [1.807, 2.05) is 30.8 Å². The molecule has 10 heteroatoms. The Labute approximate surface area is 207 Å². The minimum absolute atomic E-state index is 0.206. The van der Waals surface area contributed by atoms with Crippen LogP contribution in [-0.4, -0.2) is 32.8 Å². The molecule has 35 heavy (non-hydrogen) atoms. The number of aromatic nitrogens is 4. The van der Waals surface area contributed by atoms with Gasteiger partial charge in [-0.15, -0.1) is 0 Å². The molecule has 0 saturated carbocycles. The van der Waals surface area contributed by atoms with E-state index in [4.69, 9.17) is 16.3 Å². The maximum absolute atomic E-state index is 13.4. The molecule has 1 amide bonds. The number of aryl methyl sites for hydroxylation is 1. The number of anilines is 3. The van der Waals surface area contributed by atoms with E-state index in [-0.39, 0.29) is 17.8 Å². The number of nitrogens with one attached hydrogen (secondary N) is 2. The second kappa shape index (κ2) is 10.1. The highest BCUT2D eigenvalue weighted by Crippen LogP contribution is 2.29. The fraction of sp³-hybridized carbons (Fsp3) is 0.200. The Morgan fingerprint density at radius 2 is 1.97 bits per heavy atom. The Hall–Kier alpha value is -3.98. The molecule has 2 N–H and O–H groups in total. The van der Waals surface area contributed by atoms with Gasteiger partial charge in [0.2, 0.25) is 5.95 Å². The van der Waals surface area contributed by atoms with Crippen molar-refractivity contribution in [3.8, 4) is 17.1 Å². The van der Waals surface area contributed by atoms with Crippen LogP contribution in [0.15, 0.2) is 54.9 Å². The minimum Gasteiger partial charge on any atom is -0.496 e. The Kier molecular flexibility index (Phi) is 6.97. The van der Waals surface area contributed by atoms with E-state index in [1.54, 1.807) is 25.1 Å². The zero-order chi connectivity index (χ0) is 25.1. The fourth-order valence-electron chi connectivity index (χ4n) is 3.40. The molecule has 0 bridgehead atoms. The number of hydrogen-bond donors (Lipinski definition) is 2. The molecule has 0 saturated heterocycles. The van der Waals surface area contributed by atoms with Crippen molar-refractivity contribution in [2.75, 3.05) is 17.7 Å². The van der Waals surface area contributed by atoms with E-state index in [1.165, 1.54) is 31.5 Å². The van der Waals surface area contributed by atoms with Gasteiger partial charge in [-0.05, 0) is 62.7 Å². The molecular weight excluding hydrogens is 471 g/mol. The molecule has 0 aliphatic heterocycles. The molecule has 0 aliphatic carbocycles. The molecule has 4 aromatic rings. The first-order valence-corrected chi connectivity index (χ1v) is 11.2. The maximum atomic E-state index is 13.4. The molecule has 0 unspecified atom stereocenters. The molecule has 2 heterocycles. The van der Waals surface area contributed by atoms with Crippen LogP contribution in [0.5, 0.6) is 5.75 Å². The van der Waals surface area contributed by atoms with Crippen LogP contribution in [0.3, 0.4) is 0 Å². The summed E-state index contributed by atoms with van der Waals surface area (Å²) in [7, 11) is 1.47. The van der Waals surface area contributed by atoms with Crippen LogP contribution in [0.4, 0.5) is 21.7 Å². The number of methoxy groups -OCH3 is 1. The van der Waals surface area contributed by atoms with E-state index in [0.29, 0.717) is 50.6 Å². The number of rotatable bonds is 7. The predicted molar refractivity (Wildman–Crippen MR) is 134 cm³/mol. The monoisotopic (exact) mass is 494 g/mol. The van der Waals surface area contributed by atoms with Crippen molar-refractivity contribution >= 4 is 34.8 Å². The first-order valence-electron chi connectivity index (χ1n) is 10.9. The standard InChI is InChI=1S/C25H24ClFN6O2/c1-14(2)33-10-9-21(32-33)23-19(26)13-28-25(31-23)29-17-6-7-18(22(12-17)35-4)24(34)30-20-8-5-16(27)11-15(20)3/h5-14H,1-4H3,(H,30,34)(H,28,29,31). The molecule has 180 valence electrons. The zero-order valence-electron chi connectivity index (χ0n) is 19.6. The normalized spacial score (nSPS) is 10.9. The fourth-order valence-corrected chi connectivity index (χ4v) is 3.59. The maximum Gasteiger partial charge on any atom is 0.259 e. The van der Waals surface area contributed by atoms with Crippen molar-refractivity contribution < 1.29 is 13.9 Å². The average Bonchev–Trinajstić information content (AvgIpc) is 3.32. The van der Waals surface area contributed by atoms with E-state index in [0.717, 1.165) is 0 Å². The first kappa shape index (κ1) is 24.2. The van der Waals surface area contributed by atoms with Crippen molar-refractivity contribution in [2.24, 2.45) is 0 Å². The number of benzene rings is 2. The lowest BCUT2D eigenvalue weighted by molar-refractivity contribution is 0.102. The number of nitrogens with zero attached hydrogens (tertiary/aromatic N) is 4. The number of carbonyl (C=O) groups is 1. The summed E-state index contributed by atoms with van der Waals surface area (Å²) >= 11 is 6.32. The Bertz CT molecular complexity index is 1390. The van der Waals surface area contributed by atoms with Gasteiger partial charge in [0.05, 0.1) is 23.9 Å². The first-order chi connectivity index (χ1) is 16.7. The third kappa shape index (κ3) is 5.41. The molecule has 0 radical (unpaired) electrons. The largest absolute Gasteiger partial charge is 0.496 e. The van der Waals surface area contributed by atoms with Gasteiger partial charge in [-0.25, -0.2) is 14.4 Å². The van der Waals surface area contributed by atoms with Crippen LogP contribution in [0.1, 0.15) is 35.8 Å². The topological polar surface area (TPSA) is 94.0 Å². The lowest BCUT2D eigenvalue weighted by Gasteiger charge is -2.13. The highest BCUT2D eigenvalue weighted by Gasteiger charge is 2.16. The van der Waals surface area contributed by atoms with Crippen molar-refractivity contribution in [1.29, 1.82) is 0 Å². The number of hydrogen-bond acceptors (Lipinski definition) is 6. The van der Waals surface area contributed by atoms with Gasteiger partial charge >= 0.3 is 0 Å². The summed E-state index contributed by atoms with van der Waals surface area (Å²) in [4.78, 5) is 21.6. The summed E-state index contributed by atoms with van der Waals surface area (Å²) in [6.07, 6.45) is 3.37. The quantitative estimate of drug-likeness (QED) is 0.326. The lowest BCUT2D eigenvalue weighted by atomic mass is 10.1. The zero-order valence-corrected chi connectivity index (χ0v) is 20.4. The number of ether oxygens (including phenoxy) is 1. The molecule has 0 fully saturated rings. The summed E-state index contributed by atoms with van der Waals surface area (Å²) in [6.45, 7) is 5.78. The third-order valence-corrected chi connectivity index (χ3v) is 5.54. The number of halogens is 2. The van der Waals surface area contributed by atoms with Gasteiger partial charge in [-0.3, -0.25) is 9.48 Å². The van der Waals surface area contributed by atoms with Crippen molar-refractivity contribution in [3.05, 3.63) is 76.8 Å². The van der Waals surface area contributed by atoms with Gasteiger partial charge in [0.1, 0.15) is 23.0 Å². The van der Waals surface area contributed by atoms with Gasteiger partial charge in [0, 0.05) is 29.7 Å². The van der Waals surface area contributed by atoms with E-state index < -0.39 is 0 Å². The van der Waals surface area contributed by atoms with Gasteiger partial charge < -0.3 is 15.4 Å². The summed E-state index contributed by atoms with van der Waals surface area (Å²) in [5.74, 6) is -0.0925. The summed E-state index contributed by atoms with van der Waals surface area (Å²) < 4.78 is 20.6. The van der Waals surface area contributed by atoms with Gasteiger partial charge in [0.25, 0.3) is 5.91 Å². The average molecular weight is 495 g/mol. The Balaban J connectivity index is 1.56. The van der Waals surface area contributed by atoms with Crippen molar-refractivity contribution in [3.63, 3.8) is 0 Å². The van der Waals surface area contributed by atoms with Crippen molar-refractivity contribution in [2.45, 2.75) is 26.8 Å². The molecule has 2 aromatic heterocycles. The van der Waals surface area contributed by atoms with Gasteiger partial charge in [-0.2, -0.15) is 5.10 Å². The van der Waals surface area contributed by atoms with E-state index >= 15 is 0 Å². The van der Waals surface area contributed by atoms with Crippen LogP contribution < -0.4 is 15.4 Å². The SMILES string of the molecule is COc1cc(Nc2ncc(Cl)c(-c3ccn(C(C)C)n3)n2)ccc1C(=O)Nc1ccc(F)cc1C. The Morgan fingerprint density at radius 1 is 1.17 bits per heavy atom. The van der Waals surface area contributed by atoms with Crippen molar-refractivity contribution in [1.82, 2.24) is 19.7 Å². The van der Waals surface area contributed by atoms with E-state index in [9.17, 15) is 9.18 Å². The van der Waals surface area contributed by atoms with Crippen LogP contribution in [0.2, 0.25) is 5.02 Å². The van der Waals surface area contributed by atoms with Gasteiger partial charge in [0.15, 0.2) is 0 Å². The molecule has 0 spiro atoms. The lowest BCUT2D eigenvalue weighted by Crippen LogP contribution is -2.14. The molecule has 8 nitrogen and oxygen atoms in total. The van der Waals surface area contributed by atoms with Gasteiger partial charge in [-0.1, -0.05) is 11.6 Å². The highest BCUT2D eigenvalue weighted by atomic mass is 35.5. The smallest absolute Gasteiger partial charge is 0.259 e. The second-order valence-corrected chi connectivity index (χ2v) is 8.53. The minimum atomic E-state index is -0.381. The second-order valence-electron chi connectivity index (χ2n) is 8.12. The predicted octanol–water partition coefficient (Wildman–Crippen LogP) is 6.03. The third-order valence-electron chi connectivity index (χ3n) is 5.26. The molecule has 4 rings (SSSR count). The highest BCUT2D eigenvalue weighted by molar-refractivity contribution is 6.32. The van der Waals surface area contributed by atoms with Crippen LogP contribution >= 0.6 is 11.6 Å². The Morgan fingerprint density at radius 3 is 2.66 bits per heavy atom. The van der Waals surface area contributed by atoms with Crippen LogP contribution in [0.25, 0.3) is 11.4 Å². The number of carbonyl (C=O) groups excluding carboxylic acids is 1. The summed E-state index contributed by atoms with van der Waals surface area (Å²) in [6, 6.07) is 11.2. The molecular formula is C25H24ClFN6O2. The molecule has 0 aliphatic rings. The van der Waals surface area contributed by atoms with Crippen LogP contribution in [0, 0.1) is 12.7 Å². The molecule has 0 atom stereocenters.